The Morgan fingerprint density at radius 1 is 1.13 bits per heavy atom. The molecule has 1 aromatic carbocycles. The van der Waals surface area contributed by atoms with Crippen LogP contribution in [0.2, 0.25) is 0 Å². The Kier molecular flexibility index (Phi) is 4.50. The molecule has 1 fully saturated rings. The van der Waals surface area contributed by atoms with Gasteiger partial charge in [0.05, 0.1) is 4.91 Å². The molecule has 2 aliphatic heterocycles. The number of rotatable bonds is 2. The topological polar surface area (TPSA) is 23.6 Å². The molecule has 1 saturated heterocycles. The summed E-state index contributed by atoms with van der Waals surface area (Å²) in [5.74, 6) is -0.0400. The summed E-state index contributed by atoms with van der Waals surface area (Å²) < 4.78 is 0.597. The lowest BCUT2D eigenvalue weighted by Gasteiger charge is -2.23. The van der Waals surface area contributed by atoms with E-state index in [0.717, 1.165) is 5.57 Å². The number of carbonyl (C=O) groups excluding carboxylic acids is 1. The molecule has 3 rings (SSSR count). The SMILES string of the molecule is CN1C(=O)C(=CC=CC=C2C=CN(C)c3ccccc32)SC1=S. The van der Waals surface area contributed by atoms with E-state index in [0.29, 0.717) is 9.23 Å². The molecule has 1 aromatic rings. The van der Waals surface area contributed by atoms with Gasteiger partial charge in [0.1, 0.15) is 4.32 Å². The van der Waals surface area contributed by atoms with Gasteiger partial charge in [0.25, 0.3) is 5.91 Å². The van der Waals surface area contributed by atoms with Gasteiger partial charge in [-0.3, -0.25) is 9.69 Å². The average molecular weight is 340 g/mol. The van der Waals surface area contributed by atoms with Crippen molar-refractivity contribution in [2.24, 2.45) is 0 Å². The van der Waals surface area contributed by atoms with Gasteiger partial charge in [-0.15, -0.1) is 0 Å². The van der Waals surface area contributed by atoms with Gasteiger partial charge in [-0.2, -0.15) is 0 Å². The quantitative estimate of drug-likeness (QED) is 0.600. The maximum absolute atomic E-state index is 11.9. The van der Waals surface area contributed by atoms with Crippen molar-refractivity contribution >= 4 is 45.5 Å². The molecular weight excluding hydrogens is 324 g/mol. The zero-order valence-corrected chi connectivity index (χ0v) is 14.5. The molecule has 0 saturated carbocycles. The standard InChI is InChI=1S/C18H16N2OS2/c1-19-12-11-13(14-8-4-5-9-15(14)19)7-3-6-10-16-17(21)20(2)18(22)23-16/h3-12H,1-2H3. The van der Waals surface area contributed by atoms with Gasteiger partial charge in [-0.25, -0.2) is 0 Å². The van der Waals surface area contributed by atoms with E-state index in [1.807, 2.05) is 49.7 Å². The van der Waals surface area contributed by atoms with E-state index in [1.165, 1.54) is 27.9 Å². The number of nitrogens with zero attached hydrogens (tertiary/aromatic N) is 2. The van der Waals surface area contributed by atoms with Crippen molar-refractivity contribution in [2.75, 3.05) is 19.0 Å². The third-order valence-electron chi connectivity index (χ3n) is 3.69. The third kappa shape index (κ3) is 3.16. The number of hydrogen-bond acceptors (Lipinski definition) is 4. The van der Waals surface area contributed by atoms with Crippen LogP contribution >= 0.6 is 24.0 Å². The van der Waals surface area contributed by atoms with Crippen LogP contribution in [0.1, 0.15) is 5.56 Å². The van der Waals surface area contributed by atoms with Crippen molar-refractivity contribution in [3.8, 4) is 0 Å². The largest absolute Gasteiger partial charge is 0.351 e. The first-order valence-corrected chi connectivity index (χ1v) is 8.39. The first-order valence-electron chi connectivity index (χ1n) is 7.17. The molecular formula is C18H16N2OS2. The van der Waals surface area contributed by atoms with Crippen LogP contribution < -0.4 is 4.90 Å². The smallest absolute Gasteiger partial charge is 0.265 e. The van der Waals surface area contributed by atoms with Crippen molar-refractivity contribution in [3.63, 3.8) is 0 Å². The highest BCUT2D eigenvalue weighted by atomic mass is 32.2. The summed E-state index contributed by atoms with van der Waals surface area (Å²) in [4.78, 5) is 16.1. The van der Waals surface area contributed by atoms with E-state index in [-0.39, 0.29) is 5.91 Å². The molecule has 3 nitrogen and oxygen atoms in total. The van der Waals surface area contributed by atoms with Crippen molar-refractivity contribution in [1.82, 2.24) is 4.90 Å². The Hall–Kier alpha value is -2.11. The molecule has 0 aromatic heterocycles. The maximum atomic E-state index is 11.9. The average Bonchev–Trinajstić information content (AvgIpc) is 2.81. The summed E-state index contributed by atoms with van der Waals surface area (Å²) in [7, 11) is 3.74. The number of amides is 1. The van der Waals surface area contributed by atoms with Crippen LogP contribution in [0.15, 0.2) is 65.8 Å². The Morgan fingerprint density at radius 2 is 1.87 bits per heavy atom. The molecule has 0 N–H and O–H groups in total. The second-order valence-corrected chi connectivity index (χ2v) is 6.89. The molecule has 2 aliphatic rings. The molecule has 116 valence electrons. The highest BCUT2D eigenvalue weighted by Gasteiger charge is 2.27. The second-order valence-electron chi connectivity index (χ2n) is 5.21. The van der Waals surface area contributed by atoms with Crippen LogP contribution in [-0.2, 0) is 4.79 Å². The number of likely N-dealkylation sites (N-methyl/N-ethyl adjacent to an activating group) is 1. The summed E-state index contributed by atoms with van der Waals surface area (Å²) in [6.07, 6.45) is 11.8. The van der Waals surface area contributed by atoms with Crippen molar-refractivity contribution in [1.29, 1.82) is 0 Å². The van der Waals surface area contributed by atoms with Gasteiger partial charge in [-0.1, -0.05) is 60.4 Å². The summed E-state index contributed by atoms with van der Waals surface area (Å²) in [5, 5.41) is 0. The number of thiocarbonyl (C=S) groups is 1. The molecule has 0 atom stereocenters. The van der Waals surface area contributed by atoms with Gasteiger partial charge in [0.15, 0.2) is 0 Å². The first kappa shape index (κ1) is 15.8. The number of fused-ring (bicyclic) bond motifs is 1. The lowest BCUT2D eigenvalue weighted by atomic mass is 10.00. The Morgan fingerprint density at radius 3 is 2.61 bits per heavy atom. The molecule has 1 amide bonds. The molecule has 2 heterocycles. The van der Waals surface area contributed by atoms with Crippen molar-refractivity contribution in [3.05, 3.63) is 71.3 Å². The molecule has 23 heavy (non-hydrogen) atoms. The monoisotopic (exact) mass is 340 g/mol. The highest BCUT2D eigenvalue weighted by molar-refractivity contribution is 8.26. The predicted molar refractivity (Wildman–Crippen MR) is 102 cm³/mol. The highest BCUT2D eigenvalue weighted by Crippen LogP contribution is 2.32. The normalized spacial score (nSPS) is 21.1. The number of hydrogen-bond donors (Lipinski definition) is 0. The number of allylic oxidation sites excluding steroid dienone is 6. The number of thioether (sulfide) groups is 1. The van der Waals surface area contributed by atoms with Gasteiger partial charge < -0.3 is 4.90 Å². The number of anilines is 1. The minimum atomic E-state index is -0.0400. The fourth-order valence-electron chi connectivity index (χ4n) is 2.39. The molecule has 0 spiro atoms. The fourth-order valence-corrected chi connectivity index (χ4v) is 3.53. The lowest BCUT2D eigenvalue weighted by molar-refractivity contribution is -0.121. The van der Waals surface area contributed by atoms with Crippen molar-refractivity contribution in [2.45, 2.75) is 0 Å². The summed E-state index contributed by atoms with van der Waals surface area (Å²) >= 11 is 6.44. The van der Waals surface area contributed by atoms with Crippen LogP contribution in [-0.4, -0.2) is 29.2 Å². The lowest BCUT2D eigenvalue weighted by Crippen LogP contribution is -2.22. The van der Waals surface area contributed by atoms with Crippen LogP contribution in [0.3, 0.4) is 0 Å². The predicted octanol–water partition coefficient (Wildman–Crippen LogP) is 3.96. The van der Waals surface area contributed by atoms with Gasteiger partial charge in [-0.05, 0) is 23.8 Å². The summed E-state index contributed by atoms with van der Waals surface area (Å²) in [5.41, 5.74) is 3.52. The molecule has 0 bridgehead atoms. The third-order valence-corrected chi connectivity index (χ3v) is 5.20. The number of benzene rings is 1. The van der Waals surface area contributed by atoms with E-state index in [9.17, 15) is 4.79 Å². The van der Waals surface area contributed by atoms with Gasteiger partial charge in [0, 0.05) is 31.5 Å². The summed E-state index contributed by atoms with van der Waals surface area (Å²) in [6.45, 7) is 0. The fraction of sp³-hybridized carbons (Fsp3) is 0.111. The molecule has 0 aliphatic carbocycles. The van der Waals surface area contributed by atoms with E-state index < -0.39 is 0 Å². The van der Waals surface area contributed by atoms with Gasteiger partial charge >= 0.3 is 0 Å². The minimum absolute atomic E-state index is 0.0400. The van der Waals surface area contributed by atoms with E-state index in [4.69, 9.17) is 12.2 Å². The van der Waals surface area contributed by atoms with Crippen LogP contribution in [0.5, 0.6) is 0 Å². The maximum Gasteiger partial charge on any atom is 0.265 e. The Bertz CT molecular complexity index is 790. The number of para-hydroxylation sites is 1. The van der Waals surface area contributed by atoms with Crippen LogP contribution in [0, 0.1) is 0 Å². The molecule has 5 heteroatoms. The molecule has 0 radical (unpaired) electrons. The zero-order valence-electron chi connectivity index (χ0n) is 12.9. The second kappa shape index (κ2) is 6.56. The van der Waals surface area contributed by atoms with Crippen LogP contribution in [0.25, 0.3) is 5.57 Å². The van der Waals surface area contributed by atoms with E-state index in [1.54, 1.807) is 7.05 Å². The Labute approximate surface area is 145 Å². The van der Waals surface area contributed by atoms with Crippen LogP contribution in [0.4, 0.5) is 5.69 Å². The van der Waals surface area contributed by atoms with Gasteiger partial charge in [0.2, 0.25) is 0 Å². The minimum Gasteiger partial charge on any atom is -0.351 e. The van der Waals surface area contributed by atoms with E-state index in [2.05, 4.69) is 23.1 Å². The molecule has 0 unspecified atom stereocenters. The first-order chi connectivity index (χ1) is 11.1. The summed E-state index contributed by atoms with van der Waals surface area (Å²) in [6, 6.07) is 8.28. The van der Waals surface area contributed by atoms with E-state index >= 15 is 0 Å². The number of carbonyl (C=O) groups is 1. The zero-order chi connectivity index (χ0) is 16.4. The Balaban J connectivity index is 1.80. The van der Waals surface area contributed by atoms with Crippen molar-refractivity contribution < 1.29 is 4.79 Å².